The van der Waals surface area contributed by atoms with E-state index < -0.39 is 0 Å². The first-order valence-electron chi connectivity index (χ1n) is 8.88. The van der Waals surface area contributed by atoms with Gasteiger partial charge in [-0.15, -0.1) is 12.4 Å². The molecule has 5 rings (SSSR count). The molecule has 3 aliphatic rings. The van der Waals surface area contributed by atoms with Crippen LogP contribution in [0.3, 0.4) is 0 Å². The monoisotopic (exact) mass is 359 g/mol. The van der Waals surface area contributed by atoms with Crippen molar-refractivity contribution < 1.29 is 9.59 Å². The highest BCUT2D eigenvalue weighted by molar-refractivity contribution is 6.08. The van der Waals surface area contributed by atoms with Crippen LogP contribution in [-0.2, 0) is 9.59 Å². The third-order valence-electron chi connectivity index (χ3n) is 5.96. The average molecular weight is 360 g/mol. The third kappa shape index (κ3) is 2.66. The molecule has 0 saturated carbocycles. The Morgan fingerprint density at radius 2 is 1.76 bits per heavy atom. The number of piperidine rings is 1. The van der Waals surface area contributed by atoms with Crippen molar-refractivity contribution in [2.45, 2.75) is 56.1 Å². The smallest absolute Gasteiger partial charge is 0.234 e. The molecule has 2 amide bonds. The number of para-hydroxylation sites is 1. The van der Waals surface area contributed by atoms with Crippen LogP contribution in [-0.4, -0.2) is 28.5 Å². The van der Waals surface area contributed by atoms with Gasteiger partial charge in [0.25, 0.3) is 0 Å². The zero-order valence-corrected chi connectivity index (χ0v) is 14.7. The Morgan fingerprint density at radius 1 is 1.04 bits per heavy atom. The molecule has 0 aliphatic carbocycles. The number of fused-ring (bicyclic) bond motifs is 3. The predicted molar refractivity (Wildman–Crippen MR) is 97.9 cm³/mol. The Morgan fingerprint density at radius 3 is 2.44 bits per heavy atom. The molecule has 3 aliphatic heterocycles. The summed E-state index contributed by atoms with van der Waals surface area (Å²) in [5.41, 5.74) is 2.19. The van der Waals surface area contributed by atoms with Crippen molar-refractivity contribution >= 4 is 35.1 Å². The first-order chi connectivity index (χ1) is 11.7. The van der Waals surface area contributed by atoms with E-state index in [1.165, 1.54) is 18.4 Å². The molecule has 5 nitrogen and oxygen atoms in total. The Hall–Kier alpha value is -1.85. The first kappa shape index (κ1) is 16.6. The van der Waals surface area contributed by atoms with Crippen LogP contribution < -0.4 is 10.6 Å². The predicted octanol–water partition coefficient (Wildman–Crippen LogP) is 2.65. The van der Waals surface area contributed by atoms with Gasteiger partial charge in [0.2, 0.25) is 11.8 Å². The minimum absolute atomic E-state index is 0. The second-order valence-corrected chi connectivity index (χ2v) is 7.44. The number of aromatic nitrogens is 1. The lowest BCUT2D eigenvalue weighted by atomic mass is 9.97. The highest BCUT2D eigenvalue weighted by Gasteiger charge is 2.37. The number of nitrogens with zero attached hydrogens (tertiary/aromatic N) is 1. The summed E-state index contributed by atoms with van der Waals surface area (Å²) in [7, 11) is 0. The van der Waals surface area contributed by atoms with Crippen molar-refractivity contribution in [1.82, 2.24) is 15.2 Å². The number of carbonyl (C=O) groups excluding carboxylic acids is 2. The zero-order valence-electron chi connectivity index (χ0n) is 13.9. The number of nitrogens with one attached hydrogen (secondary N) is 2. The zero-order chi connectivity index (χ0) is 16.3. The van der Waals surface area contributed by atoms with Gasteiger partial charge in [0.05, 0.1) is 5.92 Å². The average Bonchev–Trinajstić information content (AvgIpc) is 3.22. The molecule has 3 unspecified atom stereocenters. The molecule has 3 saturated heterocycles. The summed E-state index contributed by atoms with van der Waals surface area (Å²) in [5, 5.41) is 7.25. The Labute approximate surface area is 152 Å². The molecule has 3 atom stereocenters. The fourth-order valence-corrected chi connectivity index (χ4v) is 4.87. The van der Waals surface area contributed by atoms with Crippen LogP contribution in [0.25, 0.3) is 10.9 Å². The van der Waals surface area contributed by atoms with Crippen molar-refractivity contribution in [3.8, 4) is 0 Å². The fourth-order valence-electron chi connectivity index (χ4n) is 4.87. The molecule has 3 fully saturated rings. The fraction of sp³-hybridized carbons (Fsp3) is 0.474. The first-order valence-corrected chi connectivity index (χ1v) is 8.88. The van der Waals surface area contributed by atoms with Crippen LogP contribution in [0, 0.1) is 0 Å². The number of amides is 2. The van der Waals surface area contributed by atoms with Crippen LogP contribution in [0.5, 0.6) is 0 Å². The third-order valence-corrected chi connectivity index (χ3v) is 5.96. The minimum Gasteiger partial charge on any atom is -0.344 e. The summed E-state index contributed by atoms with van der Waals surface area (Å²) in [6.45, 7) is 0. The summed E-state index contributed by atoms with van der Waals surface area (Å²) in [6.07, 6.45) is 7.24. The number of hydrogen-bond acceptors (Lipinski definition) is 3. The standard InChI is InChI=1S/C19H21N3O2.ClH/c23-18-9-15(19(24)21-18)16-10-22(17-4-2-1-3-14(16)17)13-7-11-5-6-12(8-13)20-11;/h1-4,10-13,15,20H,5-9H2,(H,21,23,24);1H. The molecule has 2 bridgehead atoms. The summed E-state index contributed by atoms with van der Waals surface area (Å²) < 4.78 is 2.37. The number of halogens is 1. The topological polar surface area (TPSA) is 63.1 Å². The Kier molecular flexibility index (Phi) is 4.08. The highest BCUT2D eigenvalue weighted by Crippen LogP contribution is 2.39. The SMILES string of the molecule is Cl.O=C1CC(c2cn(C3CC4CCC(C3)N4)c3ccccc23)C(=O)N1. The normalized spacial score (nSPS) is 31.2. The number of imide groups is 1. The number of carbonyl (C=O) groups is 2. The summed E-state index contributed by atoms with van der Waals surface area (Å²) in [5.74, 6) is -0.669. The molecule has 2 aromatic rings. The van der Waals surface area contributed by atoms with E-state index in [0.717, 1.165) is 23.8 Å². The maximum Gasteiger partial charge on any atom is 0.234 e. The molecule has 4 heterocycles. The Balaban J connectivity index is 0.00000157. The van der Waals surface area contributed by atoms with Crippen molar-refractivity contribution in [1.29, 1.82) is 0 Å². The second kappa shape index (κ2) is 6.15. The van der Waals surface area contributed by atoms with E-state index in [-0.39, 0.29) is 36.6 Å². The van der Waals surface area contributed by atoms with Gasteiger partial charge in [0.15, 0.2) is 0 Å². The molecule has 0 spiro atoms. The van der Waals surface area contributed by atoms with Crippen LogP contribution in [0.2, 0.25) is 0 Å². The van der Waals surface area contributed by atoms with Crippen molar-refractivity contribution in [2.24, 2.45) is 0 Å². The van der Waals surface area contributed by atoms with Crippen molar-refractivity contribution in [2.75, 3.05) is 0 Å². The van der Waals surface area contributed by atoms with Gasteiger partial charge in [0.1, 0.15) is 0 Å². The van der Waals surface area contributed by atoms with Crippen molar-refractivity contribution in [3.63, 3.8) is 0 Å². The van der Waals surface area contributed by atoms with E-state index in [1.54, 1.807) is 0 Å². The number of hydrogen-bond donors (Lipinski definition) is 2. The van der Waals surface area contributed by atoms with Crippen molar-refractivity contribution in [3.05, 3.63) is 36.0 Å². The molecule has 1 aromatic heterocycles. The minimum atomic E-state index is -0.345. The Bertz CT molecular complexity index is 834. The maximum atomic E-state index is 12.2. The van der Waals surface area contributed by atoms with Crippen LogP contribution in [0.15, 0.2) is 30.5 Å². The molecule has 0 radical (unpaired) electrons. The molecule has 6 heteroatoms. The van der Waals surface area contributed by atoms with E-state index in [0.29, 0.717) is 18.1 Å². The summed E-state index contributed by atoms with van der Waals surface area (Å²) in [6, 6.07) is 9.99. The number of rotatable bonds is 2. The lowest BCUT2D eigenvalue weighted by molar-refractivity contribution is -0.125. The summed E-state index contributed by atoms with van der Waals surface area (Å²) in [4.78, 5) is 23.8. The van der Waals surface area contributed by atoms with Gasteiger partial charge >= 0.3 is 0 Å². The lowest BCUT2D eigenvalue weighted by Crippen LogP contribution is -2.38. The van der Waals surface area contributed by atoms with Gasteiger partial charge in [-0.05, 0) is 37.3 Å². The largest absolute Gasteiger partial charge is 0.344 e. The van der Waals surface area contributed by atoms with E-state index in [4.69, 9.17) is 0 Å². The van der Waals surface area contributed by atoms with Crippen LogP contribution in [0.4, 0.5) is 0 Å². The van der Waals surface area contributed by atoms with E-state index in [1.807, 2.05) is 6.07 Å². The van der Waals surface area contributed by atoms with E-state index in [2.05, 4.69) is 39.6 Å². The van der Waals surface area contributed by atoms with E-state index >= 15 is 0 Å². The van der Waals surface area contributed by atoms with Gasteiger partial charge in [-0.1, -0.05) is 18.2 Å². The second-order valence-electron chi connectivity index (χ2n) is 7.44. The molecule has 25 heavy (non-hydrogen) atoms. The van der Waals surface area contributed by atoms with Gasteiger partial charge in [-0.25, -0.2) is 0 Å². The lowest BCUT2D eigenvalue weighted by Gasteiger charge is -2.30. The van der Waals surface area contributed by atoms with Crippen LogP contribution >= 0.6 is 12.4 Å². The molecule has 1 aromatic carbocycles. The molecule has 132 valence electrons. The maximum absolute atomic E-state index is 12.2. The molecular formula is C19H22ClN3O2. The van der Waals surface area contributed by atoms with Gasteiger partial charge in [0, 0.05) is 41.6 Å². The van der Waals surface area contributed by atoms with Gasteiger partial charge < -0.3 is 9.88 Å². The van der Waals surface area contributed by atoms with E-state index in [9.17, 15) is 9.59 Å². The van der Waals surface area contributed by atoms with Gasteiger partial charge in [-0.2, -0.15) is 0 Å². The quantitative estimate of drug-likeness (QED) is 0.810. The summed E-state index contributed by atoms with van der Waals surface area (Å²) >= 11 is 0. The van der Waals surface area contributed by atoms with Crippen LogP contribution in [0.1, 0.15) is 49.6 Å². The molecular weight excluding hydrogens is 338 g/mol. The number of benzene rings is 1. The highest BCUT2D eigenvalue weighted by atomic mass is 35.5. The van der Waals surface area contributed by atoms with Gasteiger partial charge in [-0.3, -0.25) is 14.9 Å². The molecule has 2 N–H and O–H groups in total.